The largest absolute Gasteiger partial charge is 0.346 e. The summed E-state index contributed by atoms with van der Waals surface area (Å²) in [7, 11) is 0. The highest BCUT2D eigenvalue weighted by atomic mass is 14.9. The van der Waals surface area contributed by atoms with Crippen molar-refractivity contribution in [3.63, 3.8) is 0 Å². The van der Waals surface area contributed by atoms with Crippen LogP contribution in [-0.2, 0) is 12.8 Å². The molecule has 0 unspecified atom stereocenters. The minimum absolute atomic E-state index is 0.986. The second-order valence-electron chi connectivity index (χ2n) is 4.76. The molecular formula is C15H20N2. The third kappa shape index (κ3) is 2.57. The van der Waals surface area contributed by atoms with Crippen LogP contribution in [0.2, 0.25) is 0 Å². The van der Waals surface area contributed by atoms with Crippen molar-refractivity contribution in [1.29, 1.82) is 0 Å². The minimum atomic E-state index is 0.986. The predicted molar refractivity (Wildman–Crippen MR) is 71.4 cm³/mol. The summed E-state index contributed by atoms with van der Waals surface area (Å²) in [5.74, 6) is 1.10. The summed E-state index contributed by atoms with van der Waals surface area (Å²) in [6.07, 6.45) is 2.05. The van der Waals surface area contributed by atoms with Crippen molar-refractivity contribution in [2.24, 2.45) is 0 Å². The number of aryl methyl sites for hydroxylation is 5. The van der Waals surface area contributed by atoms with E-state index in [4.69, 9.17) is 0 Å². The molecule has 2 aromatic rings. The van der Waals surface area contributed by atoms with Gasteiger partial charge in [-0.15, -0.1) is 0 Å². The summed E-state index contributed by atoms with van der Waals surface area (Å²) in [4.78, 5) is 7.87. The van der Waals surface area contributed by atoms with Crippen molar-refractivity contribution in [3.8, 4) is 0 Å². The van der Waals surface area contributed by atoms with E-state index in [1.54, 1.807) is 0 Å². The lowest BCUT2D eigenvalue weighted by atomic mass is 9.99. The van der Waals surface area contributed by atoms with E-state index in [-0.39, 0.29) is 0 Å². The molecule has 0 atom stereocenters. The van der Waals surface area contributed by atoms with Crippen LogP contribution in [-0.4, -0.2) is 9.97 Å². The van der Waals surface area contributed by atoms with Crippen LogP contribution in [0.15, 0.2) is 18.2 Å². The van der Waals surface area contributed by atoms with Gasteiger partial charge >= 0.3 is 0 Å². The van der Waals surface area contributed by atoms with Crippen LogP contribution in [0.25, 0.3) is 0 Å². The molecule has 1 N–H and O–H groups in total. The number of benzene rings is 1. The lowest BCUT2D eigenvalue weighted by Crippen LogP contribution is -1.98. The van der Waals surface area contributed by atoms with Gasteiger partial charge in [-0.1, -0.05) is 18.2 Å². The summed E-state index contributed by atoms with van der Waals surface area (Å²) in [6.45, 7) is 8.49. The molecular weight excluding hydrogens is 208 g/mol. The van der Waals surface area contributed by atoms with Gasteiger partial charge in [-0.25, -0.2) is 4.98 Å². The van der Waals surface area contributed by atoms with E-state index < -0.39 is 0 Å². The molecule has 0 saturated carbocycles. The molecule has 0 aliphatic carbocycles. The molecule has 0 saturated heterocycles. The van der Waals surface area contributed by atoms with E-state index in [1.807, 2.05) is 6.92 Å². The lowest BCUT2D eigenvalue weighted by Gasteiger charge is -2.08. The fraction of sp³-hybridized carbons (Fsp3) is 0.400. The Morgan fingerprint density at radius 2 is 1.65 bits per heavy atom. The molecule has 0 bridgehead atoms. The van der Waals surface area contributed by atoms with E-state index in [0.29, 0.717) is 0 Å². The summed E-state index contributed by atoms with van der Waals surface area (Å²) in [5, 5.41) is 0. The average molecular weight is 228 g/mol. The van der Waals surface area contributed by atoms with E-state index in [9.17, 15) is 0 Å². The van der Waals surface area contributed by atoms with Gasteiger partial charge in [0.15, 0.2) is 0 Å². The summed E-state index contributed by atoms with van der Waals surface area (Å²) in [5.41, 5.74) is 6.51. The second-order valence-corrected chi connectivity index (χ2v) is 4.76. The van der Waals surface area contributed by atoms with Crippen molar-refractivity contribution in [2.45, 2.75) is 40.5 Å². The molecule has 17 heavy (non-hydrogen) atoms. The molecule has 0 radical (unpaired) electrons. The molecule has 1 aromatic carbocycles. The van der Waals surface area contributed by atoms with Gasteiger partial charge in [-0.3, -0.25) is 0 Å². The SMILES string of the molecule is Cc1cccc(C)c1CCc1nc(C)c(C)[nH]1. The third-order valence-corrected chi connectivity index (χ3v) is 3.43. The van der Waals surface area contributed by atoms with Crippen LogP contribution in [0.1, 0.15) is 33.9 Å². The molecule has 1 aromatic heterocycles. The quantitative estimate of drug-likeness (QED) is 0.856. The number of H-pyrrole nitrogens is 1. The van der Waals surface area contributed by atoms with E-state index in [1.165, 1.54) is 22.4 Å². The van der Waals surface area contributed by atoms with Gasteiger partial charge in [-0.2, -0.15) is 0 Å². The smallest absolute Gasteiger partial charge is 0.106 e. The Balaban J connectivity index is 2.12. The molecule has 0 spiro atoms. The summed E-state index contributed by atoms with van der Waals surface area (Å²) >= 11 is 0. The number of nitrogens with zero attached hydrogens (tertiary/aromatic N) is 1. The number of hydrogen-bond acceptors (Lipinski definition) is 1. The zero-order chi connectivity index (χ0) is 12.4. The number of hydrogen-bond donors (Lipinski definition) is 1. The third-order valence-electron chi connectivity index (χ3n) is 3.43. The highest BCUT2D eigenvalue weighted by Crippen LogP contribution is 2.15. The Labute approximate surface area is 103 Å². The summed E-state index contributed by atoms with van der Waals surface area (Å²) in [6, 6.07) is 6.48. The molecule has 2 rings (SSSR count). The first-order valence-corrected chi connectivity index (χ1v) is 6.15. The van der Waals surface area contributed by atoms with Crippen LogP contribution < -0.4 is 0 Å². The van der Waals surface area contributed by atoms with Crippen LogP contribution >= 0.6 is 0 Å². The molecule has 0 aliphatic heterocycles. The van der Waals surface area contributed by atoms with Gasteiger partial charge in [0.25, 0.3) is 0 Å². The maximum absolute atomic E-state index is 4.53. The zero-order valence-electron chi connectivity index (χ0n) is 11.1. The number of aromatic amines is 1. The maximum Gasteiger partial charge on any atom is 0.106 e. The first kappa shape index (κ1) is 11.9. The van der Waals surface area contributed by atoms with Gasteiger partial charge in [0.1, 0.15) is 5.82 Å². The Kier molecular flexibility index (Phi) is 3.32. The van der Waals surface area contributed by atoms with E-state index >= 15 is 0 Å². The van der Waals surface area contributed by atoms with Crippen molar-refractivity contribution < 1.29 is 0 Å². The first-order chi connectivity index (χ1) is 8.08. The lowest BCUT2D eigenvalue weighted by molar-refractivity contribution is 0.867. The van der Waals surface area contributed by atoms with Crippen LogP contribution in [0.3, 0.4) is 0 Å². The maximum atomic E-state index is 4.53. The first-order valence-electron chi connectivity index (χ1n) is 6.15. The molecule has 1 heterocycles. The predicted octanol–water partition coefficient (Wildman–Crippen LogP) is 3.43. The van der Waals surface area contributed by atoms with E-state index in [0.717, 1.165) is 24.4 Å². The topological polar surface area (TPSA) is 28.7 Å². The fourth-order valence-corrected chi connectivity index (χ4v) is 2.23. The highest BCUT2D eigenvalue weighted by Gasteiger charge is 2.06. The fourth-order valence-electron chi connectivity index (χ4n) is 2.23. The second kappa shape index (κ2) is 4.74. The molecule has 2 heteroatoms. The number of aromatic nitrogens is 2. The van der Waals surface area contributed by atoms with Gasteiger partial charge in [0, 0.05) is 12.1 Å². The molecule has 2 nitrogen and oxygen atoms in total. The van der Waals surface area contributed by atoms with Gasteiger partial charge in [0.05, 0.1) is 5.69 Å². The van der Waals surface area contributed by atoms with Gasteiger partial charge < -0.3 is 4.98 Å². The van der Waals surface area contributed by atoms with Crippen molar-refractivity contribution in [3.05, 3.63) is 52.1 Å². The van der Waals surface area contributed by atoms with Crippen LogP contribution in [0.5, 0.6) is 0 Å². The zero-order valence-corrected chi connectivity index (χ0v) is 11.1. The van der Waals surface area contributed by atoms with Crippen molar-refractivity contribution in [2.75, 3.05) is 0 Å². The van der Waals surface area contributed by atoms with E-state index in [2.05, 4.69) is 48.9 Å². The monoisotopic (exact) mass is 228 g/mol. The van der Waals surface area contributed by atoms with Gasteiger partial charge in [0.2, 0.25) is 0 Å². The normalized spacial score (nSPS) is 10.8. The molecule has 0 fully saturated rings. The Bertz CT molecular complexity index is 484. The highest BCUT2D eigenvalue weighted by molar-refractivity contribution is 5.33. The number of imidazole rings is 1. The Morgan fingerprint density at radius 1 is 1.00 bits per heavy atom. The van der Waals surface area contributed by atoms with Crippen LogP contribution in [0.4, 0.5) is 0 Å². The van der Waals surface area contributed by atoms with Crippen molar-refractivity contribution >= 4 is 0 Å². The molecule has 90 valence electrons. The standard InChI is InChI=1S/C15H20N2/c1-10-6-5-7-11(2)14(10)8-9-15-16-12(3)13(4)17-15/h5-7H,8-9H2,1-4H3,(H,16,17). The molecule has 0 amide bonds. The molecule has 0 aliphatic rings. The van der Waals surface area contributed by atoms with Crippen LogP contribution in [0, 0.1) is 27.7 Å². The summed E-state index contributed by atoms with van der Waals surface area (Å²) < 4.78 is 0. The Hall–Kier alpha value is -1.57. The van der Waals surface area contributed by atoms with Gasteiger partial charge in [-0.05, 0) is 50.8 Å². The Morgan fingerprint density at radius 3 is 2.18 bits per heavy atom. The van der Waals surface area contributed by atoms with Crippen molar-refractivity contribution in [1.82, 2.24) is 9.97 Å². The number of nitrogens with one attached hydrogen (secondary N) is 1. The number of rotatable bonds is 3. The average Bonchev–Trinajstić information content (AvgIpc) is 2.58. The minimum Gasteiger partial charge on any atom is -0.346 e.